The van der Waals surface area contributed by atoms with Gasteiger partial charge in [-0.1, -0.05) is 32.0 Å². The summed E-state index contributed by atoms with van der Waals surface area (Å²) in [6.45, 7) is 9.55. The third-order valence-electron chi connectivity index (χ3n) is 3.33. The number of esters is 1. The molecule has 1 unspecified atom stereocenters. The van der Waals surface area contributed by atoms with Crippen LogP contribution in [0.5, 0.6) is 0 Å². The number of para-hydroxylation sites is 1. The van der Waals surface area contributed by atoms with Crippen LogP contribution in [-0.4, -0.2) is 18.0 Å². The molecule has 1 atom stereocenters. The van der Waals surface area contributed by atoms with Gasteiger partial charge in [-0.3, -0.25) is 9.59 Å². The Morgan fingerprint density at radius 3 is 2.24 bits per heavy atom. The molecule has 1 aromatic rings. The summed E-state index contributed by atoms with van der Waals surface area (Å²) < 4.78 is 5.16. The van der Waals surface area contributed by atoms with E-state index in [4.69, 9.17) is 4.74 Å². The largest absolute Gasteiger partial charge is 0.453 e. The molecule has 4 nitrogen and oxygen atoms in total. The first-order valence-corrected chi connectivity index (χ1v) is 7.37. The van der Waals surface area contributed by atoms with Crippen molar-refractivity contribution in [1.29, 1.82) is 0 Å². The summed E-state index contributed by atoms with van der Waals surface area (Å²) in [5.74, 6) is -0.186. The molecule has 0 aliphatic carbocycles. The van der Waals surface area contributed by atoms with E-state index in [0.717, 1.165) is 23.2 Å². The van der Waals surface area contributed by atoms with E-state index in [2.05, 4.69) is 5.32 Å². The first-order valence-electron chi connectivity index (χ1n) is 7.37. The Hall–Kier alpha value is -1.84. The van der Waals surface area contributed by atoms with Crippen molar-refractivity contribution in [2.45, 2.75) is 53.6 Å². The van der Waals surface area contributed by atoms with Gasteiger partial charge in [-0.25, -0.2) is 0 Å². The molecule has 1 aromatic carbocycles. The standard InChI is InChI=1S/C17H25NO3/c1-11(2)9-10-15(19)21-14(5)17(20)18-16-12(3)7-6-8-13(16)4/h6-8,11,14H,9-10H2,1-5H3,(H,18,20). The van der Waals surface area contributed by atoms with Gasteiger partial charge in [0.2, 0.25) is 0 Å². The zero-order chi connectivity index (χ0) is 16.0. The molecule has 21 heavy (non-hydrogen) atoms. The van der Waals surface area contributed by atoms with Gasteiger partial charge in [-0.05, 0) is 44.2 Å². The second kappa shape index (κ2) is 7.81. The minimum Gasteiger partial charge on any atom is -0.453 e. The lowest BCUT2D eigenvalue weighted by molar-refractivity contribution is -0.153. The number of ether oxygens (including phenoxy) is 1. The molecule has 0 radical (unpaired) electrons. The fourth-order valence-corrected chi connectivity index (χ4v) is 1.95. The van der Waals surface area contributed by atoms with Crippen molar-refractivity contribution in [3.63, 3.8) is 0 Å². The van der Waals surface area contributed by atoms with Crippen LogP contribution in [-0.2, 0) is 14.3 Å². The maximum absolute atomic E-state index is 12.1. The Labute approximate surface area is 126 Å². The van der Waals surface area contributed by atoms with Gasteiger partial charge in [0.05, 0.1) is 0 Å². The molecule has 0 saturated carbocycles. The van der Waals surface area contributed by atoms with Gasteiger partial charge < -0.3 is 10.1 Å². The van der Waals surface area contributed by atoms with E-state index in [0.29, 0.717) is 12.3 Å². The quantitative estimate of drug-likeness (QED) is 0.815. The molecular weight excluding hydrogens is 266 g/mol. The maximum Gasteiger partial charge on any atom is 0.306 e. The Kier molecular flexibility index (Phi) is 6.40. The molecular formula is C17H25NO3. The van der Waals surface area contributed by atoms with E-state index in [1.54, 1.807) is 6.92 Å². The summed E-state index contributed by atoms with van der Waals surface area (Å²) in [5, 5.41) is 2.83. The summed E-state index contributed by atoms with van der Waals surface area (Å²) in [4.78, 5) is 23.7. The molecule has 0 aliphatic heterocycles. The number of carbonyl (C=O) groups is 2. The van der Waals surface area contributed by atoms with Crippen LogP contribution < -0.4 is 5.32 Å². The monoisotopic (exact) mass is 291 g/mol. The number of aryl methyl sites for hydroxylation is 2. The maximum atomic E-state index is 12.1. The summed E-state index contributed by atoms with van der Waals surface area (Å²) in [7, 11) is 0. The minimum absolute atomic E-state index is 0.301. The molecule has 0 saturated heterocycles. The molecule has 1 amide bonds. The van der Waals surface area contributed by atoms with Crippen molar-refractivity contribution in [3.05, 3.63) is 29.3 Å². The average Bonchev–Trinajstić information content (AvgIpc) is 2.40. The highest BCUT2D eigenvalue weighted by atomic mass is 16.5. The Balaban J connectivity index is 2.57. The van der Waals surface area contributed by atoms with E-state index in [1.807, 2.05) is 45.9 Å². The van der Waals surface area contributed by atoms with Gasteiger partial charge >= 0.3 is 5.97 Å². The van der Waals surface area contributed by atoms with Crippen LogP contribution in [0.25, 0.3) is 0 Å². The number of nitrogens with one attached hydrogen (secondary N) is 1. The van der Waals surface area contributed by atoms with Gasteiger partial charge in [-0.2, -0.15) is 0 Å². The first-order chi connectivity index (χ1) is 9.81. The number of hydrogen-bond acceptors (Lipinski definition) is 3. The molecule has 1 N–H and O–H groups in total. The van der Waals surface area contributed by atoms with Gasteiger partial charge in [0.25, 0.3) is 5.91 Å². The minimum atomic E-state index is -0.788. The van der Waals surface area contributed by atoms with Crippen LogP contribution in [0.1, 0.15) is 44.7 Å². The van der Waals surface area contributed by atoms with Crippen LogP contribution in [0, 0.1) is 19.8 Å². The Morgan fingerprint density at radius 2 is 1.71 bits per heavy atom. The summed E-state index contributed by atoms with van der Waals surface area (Å²) in [5.41, 5.74) is 2.76. The zero-order valence-electron chi connectivity index (χ0n) is 13.5. The predicted octanol–water partition coefficient (Wildman–Crippen LogP) is 3.61. The fraction of sp³-hybridized carbons (Fsp3) is 0.529. The highest BCUT2D eigenvalue weighted by Gasteiger charge is 2.19. The van der Waals surface area contributed by atoms with Crippen molar-refractivity contribution >= 4 is 17.6 Å². The normalized spacial score (nSPS) is 12.1. The van der Waals surface area contributed by atoms with Crippen LogP contribution in [0.4, 0.5) is 5.69 Å². The summed E-state index contributed by atoms with van der Waals surface area (Å²) in [6, 6.07) is 5.81. The van der Waals surface area contributed by atoms with Gasteiger partial charge in [0.1, 0.15) is 0 Å². The molecule has 1 rings (SSSR count). The molecule has 0 aromatic heterocycles. The predicted molar refractivity (Wildman–Crippen MR) is 84.2 cm³/mol. The third kappa shape index (κ3) is 5.58. The van der Waals surface area contributed by atoms with Gasteiger partial charge in [0, 0.05) is 12.1 Å². The number of rotatable bonds is 6. The lowest BCUT2D eigenvalue weighted by Crippen LogP contribution is -2.30. The summed E-state index contributed by atoms with van der Waals surface area (Å²) in [6.07, 6.45) is 0.326. The van der Waals surface area contributed by atoms with E-state index in [1.165, 1.54) is 0 Å². The number of benzene rings is 1. The Morgan fingerprint density at radius 1 is 1.14 bits per heavy atom. The molecule has 116 valence electrons. The highest BCUT2D eigenvalue weighted by Crippen LogP contribution is 2.19. The average molecular weight is 291 g/mol. The van der Waals surface area contributed by atoms with Crippen LogP contribution in [0.2, 0.25) is 0 Å². The van der Waals surface area contributed by atoms with E-state index in [-0.39, 0.29) is 11.9 Å². The number of anilines is 1. The lowest BCUT2D eigenvalue weighted by Gasteiger charge is -2.16. The molecule has 0 heterocycles. The van der Waals surface area contributed by atoms with Gasteiger partial charge in [0.15, 0.2) is 6.10 Å². The van der Waals surface area contributed by atoms with E-state index >= 15 is 0 Å². The second-order valence-corrected chi connectivity index (χ2v) is 5.82. The number of hydrogen-bond donors (Lipinski definition) is 1. The smallest absolute Gasteiger partial charge is 0.306 e. The molecule has 4 heteroatoms. The fourth-order valence-electron chi connectivity index (χ4n) is 1.95. The number of amides is 1. The molecule has 0 aliphatic rings. The third-order valence-corrected chi connectivity index (χ3v) is 3.33. The lowest BCUT2D eigenvalue weighted by atomic mass is 10.1. The van der Waals surface area contributed by atoms with Crippen LogP contribution >= 0.6 is 0 Å². The first kappa shape index (κ1) is 17.2. The number of carbonyl (C=O) groups excluding carboxylic acids is 2. The summed E-state index contributed by atoms with van der Waals surface area (Å²) >= 11 is 0. The SMILES string of the molecule is Cc1cccc(C)c1NC(=O)C(C)OC(=O)CCC(C)C. The molecule has 0 fully saturated rings. The van der Waals surface area contributed by atoms with Gasteiger partial charge in [-0.15, -0.1) is 0 Å². The highest BCUT2D eigenvalue weighted by molar-refractivity contribution is 5.96. The second-order valence-electron chi connectivity index (χ2n) is 5.82. The van der Waals surface area contributed by atoms with E-state index < -0.39 is 6.10 Å². The van der Waals surface area contributed by atoms with Crippen molar-refractivity contribution < 1.29 is 14.3 Å². The molecule has 0 bridgehead atoms. The van der Waals surface area contributed by atoms with Crippen molar-refractivity contribution in [1.82, 2.24) is 0 Å². The zero-order valence-corrected chi connectivity index (χ0v) is 13.5. The van der Waals surface area contributed by atoms with Crippen molar-refractivity contribution in [2.24, 2.45) is 5.92 Å². The van der Waals surface area contributed by atoms with Crippen LogP contribution in [0.3, 0.4) is 0 Å². The van der Waals surface area contributed by atoms with Crippen LogP contribution in [0.15, 0.2) is 18.2 Å². The van der Waals surface area contributed by atoms with Crippen molar-refractivity contribution in [2.75, 3.05) is 5.32 Å². The topological polar surface area (TPSA) is 55.4 Å². The molecule has 0 spiro atoms. The van der Waals surface area contributed by atoms with E-state index in [9.17, 15) is 9.59 Å². The Bertz CT molecular complexity index is 489. The van der Waals surface area contributed by atoms with Crippen molar-refractivity contribution in [3.8, 4) is 0 Å².